The molecule has 0 spiro atoms. The highest BCUT2D eigenvalue weighted by Crippen LogP contribution is 2.54. The van der Waals surface area contributed by atoms with Crippen LogP contribution in [0.15, 0.2) is 90.2 Å². The van der Waals surface area contributed by atoms with Crippen LogP contribution in [0.1, 0.15) is 28.9 Å². The smallest absolute Gasteiger partial charge is 0.376 e. The second kappa shape index (κ2) is 8.97. The number of nitriles is 1. The second-order valence-corrected chi connectivity index (χ2v) is 7.95. The highest BCUT2D eigenvalue weighted by Gasteiger charge is 2.52. The minimum absolute atomic E-state index is 0.0761. The van der Waals surface area contributed by atoms with Gasteiger partial charge < -0.3 is 19.2 Å². The molecule has 0 aliphatic carbocycles. The molecule has 0 bridgehead atoms. The molecule has 174 valence electrons. The van der Waals surface area contributed by atoms with E-state index in [9.17, 15) is 14.9 Å². The van der Waals surface area contributed by atoms with Crippen molar-refractivity contribution < 1.29 is 23.9 Å². The quantitative estimate of drug-likeness (QED) is 0.525. The molecule has 0 saturated carbocycles. The Bertz CT molecular complexity index is 1360. The summed E-state index contributed by atoms with van der Waals surface area (Å²) in [6.45, 7) is 0. The van der Waals surface area contributed by atoms with E-state index in [-0.39, 0.29) is 11.3 Å². The molecule has 8 heteroatoms. The van der Waals surface area contributed by atoms with Crippen molar-refractivity contribution in [1.82, 2.24) is 5.06 Å². The molecular formula is C27H21N3O5. The van der Waals surface area contributed by atoms with Crippen molar-refractivity contribution in [3.63, 3.8) is 0 Å². The third-order valence-electron chi connectivity index (χ3n) is 6.09. The maximum Gasteiger partial charge on any atom is 0.376 e. The minimum Gasteiger partial charge on any atom is -0.465 e. The predicted octanol–water partition coefficient (Wildman–Crippen LogP) is 4.30. The summed E-state index contributed by atoms with van der Waals surface area (Å²) in [7, 11) is 2.50. The van der Waals surface area contributed by atoms with Gasteiger partial charge in [0.25, 0.3) is 0 Å². The van der Waals surface area contributed by atoms with Crippen LogP contribution < -0.4 is 4.90 Å². The molecule has 0 saturated heterocycles. The van der Waals surface area contributed by atoms with E-state index in [1.165, 1.54) is 14.2 Å². The summed E-state index contributed by atoms with van der Waals surface area (Å²) in [6, 6.07) is 25.9. The number of benzene rings is 3. The number of para-hydroxylation sites is 1. The van der Waals surface area contributed by atoms with E-state index in [0.717, 1.165) is 22.5 Å². The molecule has 35 heavy (non-hydrogen) atoms. The van der Waals surface area contributed by atoms with Crippen LogP contribution in [-0.2, 0) is 23.9 Å². The van der Waals surface area contributed by atoms with E-state index in [2.05, 4.69) is 11.0 Å². The van der Waals surface area contributed by atoms with Crippen molar-refractivity contribution >= 4 is 23.3 Å². The SMILES string of the molecule is COC(=O)C1=C(C(=O)OC)C2c3ccccc3N(c3ccc(C#N)cc3)C(c3ccccc3)N2O1. The summed E-state index contributed by atoms with van der Waals surface area (Å²) >= 11 is 0. The summed E-state index contributed by atoms with van der Waals surface area (Å²) in [5.74, 6) is -1.65. The van der Waals surface area contributed by atoms with Gasteiger partial charge in [0, 0.05) is 16.9 Å². The zero-order valence-corrected chi connectivity index (χ0v) is 19.0. The number of carbonyl (C=O) groups is 2. The van der Waals surface area contributed by atoms with Gasteiger partial charge in [0.2, 0.25) is 5.76 Å². The van der Waals surface area contributed by atoms with Crippen molar-refractivity contribution in [2.24, 2.45) is 0 Å². The molecule has 2 heterocycles. The Hall–Kier alpha value is -4.61. The lowest BCUT2D eigenvalue weighted by Gasteiger charge is -2.46. The number of methoxy groups -OCH3 is 2. The van der Waals surface area contributed by atoms with Crippen molar-refractivity contribution in [1.29, 1.82) is 5.26 Å². The van der Waals surface area contributed by atoms with Gasteiger partial charge in [0.1, 0.15) is 17.8 Å². The van der Waals surface area contributed by atoms with E-state index in [4.69, 9.17) is 14.3 Å². The Kier molecular flexibility index (Phi) is 5.69. The summed E-state index contributed by atoms with van der Waals surface area (Å²) in [6.07, 6.45) is -0.564. The molecule has 2 aliphatic heterocycles. The Labute approximate surface area is 202 Å². The predicted molar refractivity (Wildman–Crippen MR) is 126 cm³/mol. The number of hydrogen-bond donors (Lipinski definition) is 0. The maximum atomic E-state index is 12.9. The average Bonchev–Trinajstić information content (AvgIpc) is 3.32. The van der Waals surface area contributed by atoms with Crippen molar-refractivity contribution in [2.45, 2.75) is 12.2 Å². The van der Waals surface area contributed by atoms with E-state index >= 15 is 0 Å². The van der Waals surface area contributed by atoms with Crippen molar-refractivity contribution in [3.05, 3.63) is 107 Å². The summed E-state index contributed by atoms with van der Waals surface area (Å²) in [5, 5.41) is 10.9. The van der Waals surface area contributed by atoms with Gasteiger partial charge in [-0.25, -0.2) is 9.59 Å². The van der Waals surface area contributed by atoms with Gasteiger partial charge in [-0.05, 0) is 35.9 Å². The Morgan fingerprint density at radius 2 is 1.54 bits per heavy atom. The molecule has 0 fully saturated rings. The third-order valence-corrected chi connectivity index (χ3v) is 6.09. The normalized spacial score (nSPS) is 18.7. The third kappa shape index (κ3) is 3.59. The van der Waals surface area contributed by atoms with Gasteiger partial charge >= 0.3 is 11.9 Å². The molecule has 3 aromatic rings. The highest BCUT2D eigenvalue weighted by atomic mass is 16.7. The first-order chi connectivity index (χ1) is 17.1. The summed E-state index contributed by atoms with van der Waals surface area (Å²) in [5.41, 5.74) is 3.86. The van der Waals surface area contributed by atoms with E-state index in [0.29, 0.717) is 5.56 Å². The fourth-order valence-corrected chi connectivity index (χ4v) is 4.58. The van der Waals surface area contributed by atoms with Crippen molar-refractivity contribution in [2.75, 3.05) is 19.1 Å². The number of ether oxygens (including phenoxy) is 2. The minimum atomic E-state index is -0.769. The lowest BCUT2D eigenvalue weighted by Crippen LogP contribution is -2.44. The molecular weight excluding hydrogens is 446 g/mol. The lowest BCUT2D eigenvalue weighted by atomic mass is 9.91. The summed E-state index contributed by atoms with van der Waals surface area (Å²) in [4.78, 5) is 33.8. The first-order valence-corrected chi connectivity index (χ1v) is 10.9. The van der Waals surface area contributed by atoms with Crippen LogP contribution in [0.5, 0.6) is 0 Å². The van der Waals surface area contributed by atoms with Gasteiger partial charge in [0.15, 0.2) is 0 Å². The van der Waals surface area contributed by atoms with Gasteiger partial charge in [-0.15, -0.1) is 5.06 Å². The molecule has 3 aromatic carbocycles. The fourth-order valence-electron chi connectivity index (χ4n) is 4.58. The number of rotatable bonds is 4. The average molecular weight is 467 g/mol. The Morgan fingerprint density at radius 3 is 2.20 bits per heavy atom. The Morgan fingerprint density at radius 1 is 0.886 bits per heavy atom. The lowest BCUT2D eigenvalue weighted by molar-refractivity contribution is -0.174. The number of esters is 2. The molecule has 0 amide bonds. The van der Waals surface area contributed by atoms with Crippen molar-refractivity contribution in [3.8, 4) is 6.07 Å². The number of nitrogens with zero attached hydrogens (tertiary/aromatic N) is 3. The monoisotopic (exact) mass is 467 g/mol. The van der Waals surface area contributed by atoms with E-state index < -0.39 is 24.1 Å². The van der Waals surface area contributed by atoms with E-state index in [1.807, 2.05) is 66.7 Å². The standard InChI is InChI=1S/C27H21N3O5/c1-33-26(31)22-23-20-10-6-7-11-21(20)29(19-14-12-17(16-28)13-15-19)25(18-8-4-3-5-9-18)30(23)35-24(22)27(32)34-2/h3-15,23,25H,1-2H3. The number of hydroxylamine groups is 2. The molecule has 2 atom stereocenters. The maximum absolute atomic E-state index is 12.9. The zero-order chi connectivity index (χ0) is 24.5. The van der Waals surface area contributed by atoms with Gasteiger partial charge in [-0.1, -0.05) is 48.5 Å². The molecule has 5 rings (SSSR count). The number of hydrogen-bond acceptors (Lipinski definition) is 8. The fraction of sp³-hybridized carbons (Fsp3) is 0.148. The first-order valence-electron chi connectivity index (χ1n) is 10.9. The van der Waals surface area contributed by atoms with Gasteiger partial charge in [0.05, 0.1) is 25.9 Å². The van der Waals surface area contributed by atoms with E-state index in [1.54, 1.807) is 17.2 Å². The molecule has 0 N–H and O–H groups in total. The topological polar surface area (TPSA) is 92.1 Å². The zero-order valence-electron chi connectivity index (χ0n) is 19.0. The van der Waals surface area contributed by atoms with Crippen LogP contribution in [0.3, 0.4) is 0 Å². The molecule has 2 unspecified atom stereocenters. The van der Waals surface area contributed by atoms with Crippen LogP contribution in [0.4, 0.5) is 11.4 Å². The Balaban J connectivity index is 1.77. The number of carbonyl (C=O) groups excluding carboxylic acids is 2. The van der Waals surface area contributed by atoms with Crippen LogP contribution in [-0.4, -0.2) is 31.2 Å². The summed E-state index contributed by atoms with van der Waals surface area (Å²) < 4.78 is 9.98. The van der Waals surface area contributed by atoms with Crippen LogP contribution in [0, 0.1) is 11.3 Å². The largest absolute Gasteiger partial charge is 0.465 e. The first kappa shape index (κ1) is 22.2. The molecule has 2 aliphatic rings. The molecule has 8 nitrogen and oxygen atoms in total. The molecule has 0 aromatic heterocycles. The van der Waals surface area contributed by atoms with Crippen LogP contribution in [0.25, 0.3) is 0 Å². The molecule has 0 radical (unpaired) electrons. The second-order valence-electron chi connectivity index (χ2n) is 7.95. The van der Waals surface area contributed by atoms with Crippen LogP contribution in [0.2, 0.25) is 0 Å². The van der Waals surface area contributed by atoms with Gasteiger partial charge in [-0.2, -0.15) is 5.26 Å². The number of anilines is 2. The number of fused-ring (bicyclic) bond motifs is 3. The van der Waals surface area contributed by atoms with Crippen LogP contribution >= 0.6 is 0 Å². The highest BCUT2D eigenvalue weighted by molar-refractivity contribution is 6.01. The van der Waals surface area contributed by atoms with Gasteiger partial charge in [-0.3, -0.25) is 0 Å².